The van der Waals surface area contributed by atoms with Crippen LogP contribution in [0.4, 0.5) is 4.39 Å². The number of phenolic OH excluding ortho intramolecular Hbond substituents is 1. The molecule has 1 saturated heterocycles. The number of phenols is 1. The molecule has 2 aromatic rings. The molecule has 0 unspecified atom stereocenters. The summed E-state index contributed by atoms with van der Waals surface area (Å²) < 4.78 is 13.1. The third-order valence-corrected chi connectivity index (χ3v) is 5.94. The van der Waals surface area contributed by atoms with Gasteiger partial charge in [-0.25, -0.2) is 4.39 Å². The van der Waals surface area contributed by atoms with E-state index in [4.69, 9.17) is 0 Å². The summed E-state index contributed by atoms with van der Waals surface area (Å²) >= 11 is 0. The van der Waals surface area contributed by atoms with Gasteiger partial charge in [0.1, 0.15) is 11.6 Å². The fourth-order valence-electron chi connectivity index (χ4n) is 4.76. The first-order valence-electron chi connectivity index (χ1n) is 9.42. The maximum absolute atomic E-state index is 13.1. The van der Waals surface area contributed by atoms with Crippen molar-refractivity contribution in [1.82, 2.24) is 4.90 Å². The Bertz CT molecular complexity index is 804. The first kappa shape index (κ1) is 18.1. The van der Waals surface area contributed by atoms with Crippen LogP contribution in [0.15, 0.2) is 48.5 Å². The van der Waals surface area contributed by atoms with Gasteiger partial charge in [0.05, 0.1) is 12.1 Å². The van der Waals surface area contributed by atoms with Crippen molar-refractivity contribution in [1.29, 1.82) is 0 Å². The van der Waals surface area contributed by atoms with Gasteiger partial charge in [-0.05, 0) is 66.6 Å². The lowest BCUT2D eigenvalue weighted by Gasteiger charge is -2.26. The van der Waals surface area contributed by atoms with Crippen LogP contribution in [0.2, 0.25) is 0 Å². The molecule has 2 aliphatic rings. The molecule has 1 aliphatic heterocycles. The Labute approximate surface area is 158 Å². The standard InChI is InChI=1S/C22H24FNO3/c23-19-5-1-15(2-6-19)9-22(27)10-17-12-24(13-18(17)11-22)14-21(26)16-3-7-20(25)8-4-16/h1-8,17-18,25,27H,9-14H2/t17-,18+,22-. The van der Waals surface area contributed by atoms with Crippen molar-refractivity contribution in [2.45, 2.75) is 24.9 Å². The minimum atomic E-state index is -0.736. The van der Waals surface area contributed by atoms with E-state index in [-0.39, 0.29) is 17.3 Å². The van der Waals surface area contributed by atoms with Crippen molar-refractivity contribution in [2.24, 2.45) is 11.8 Å². The molecule has 0 amide bonds. The largest absolute Gasteiger partial charge is 0.508 e. The zero-order chi connectivity index (χ0) is 19.0. The average molecular weight is 369 g/mol. The molecule has 1 heterocycles. The highest BCUT2D eigenvalue weighted by Crippen LogP contribution is 2.45. The molecule has 4 rings (SSSR count). The molecule has 4 nitrogen and oxygen atoms in total. The number of Topliss-reactive ketones (excluding diaryl/α,β-unsaturated/α-hetero) is 1. The first-order valence-corrected chi connectivity index (χ1v) is 9.42. The highest BCUT2D eigenvalue weighted by atomic mass is 19.1. The van der Waals surface area contributed by atoms with E-state index in [2.05, 4.69) is 4.90 Å². The summed E-state index contributed by atoms with van der Waals surface area (Å²) in [6, 6.07) is 12.7. The quantitative estimate of drug-likeness (QED) is 0.796. The van der Waals surface area contributed by atoms with Crippen LogP contribution in [0.5, 0.6) is 5.75 Å². The fourth-order valence-corrected chi connectivity index (χ4v) is 4.76. The monoisotopic (exact) mass is 369 g/mol. The van der Waals surface area contributed by atoms with E-state index in [1.165, 1.54) is 24.3 Å². The van der Waals surface area contributed by atoms with E-state index in [1.54, 1.807) is 24.3 Å². The second kappa shape index (κ2) is 7.06. The molecule has 0 spiro atoms. The number of rotatable bonds is 5. The van der Waals surface area contributed by atoms with Crippen LogP contribution in [0.1, 0.15) is 28.8 Å². The summed E-state index contributed by atoms with van der Waals surface area (Å²) in [4.78, 5) is 14.6. The number of aliphatic hydroxyl groups is 1. The molecule has 0 bridgehead atoms. The van der Waals surface area contributed by atoms with E-state index in [0.29, 0.717) is 30.4 Å². The summed E-state index contributed by atoms with van der Waals surface area (Å²) in [5.74, 6) is 0.730. The number of likely N-dealkylation sites (tertiary alicyclic amines) is 1. The van der Waals surface area contributed by atoms with Gasteiger partial charge in [-0.3, -0.25) is 9.69 Å². The minimum Gasteiger partial charge on any atom is -0.508 e. The number of nitrogens with zero attached hydrogens (tertiary/aromatic N) is 1. The SMILES string of the molecule is O=C(CN1C[C@@H]2C[C@@](O)(Cc3ccc(F)cc3)C[C@@H]2C1)c1ccc(O)cc1. The zero-order valence-corrected chi connectivity index (χ0v) is 15.1. The van der Waals surface area contributed by atoms with Crippen LogP contribution in [0, 0.1) is 17.7 Å². The molecule has 1 saturated carbocycles. The van der Waals surface area contributed by atoms with Gasteiger partial charge < -0.3 is 10.2 Å². The Kier molecular flexibility index (Phi) is 4.74. The van der Waals surface area contributed by atoms with Crippen molar-refractivity contribution >= 4 is 5.78 Å². The van der Waals surface area contributed by atoms with Gasteiger partial charge in [0.2, 0.25) is 0 Å². The van der Waals surface area contributed by atoms with E-state index in [0.717, 1.165) is 31.5 Å². The lowest BCUT2D eigenvalue weighted by atomic mass is 9.91. The summed E-state index contributed by atoms with van der Waals surface area (Å²) in [7, 11) is 0. The van der Waals surface area contributed by atoms with Gasteiger partial charge in [-0.2, -0.15) is 0 Å². The maximum Gasteiger partial charge on any atom is 0.176 e. The third kappa shape index (κ3) is 4.04. The van der Waals surface area contributed by atoms with Gasteiger partial charge in [0.15, 0.2) is 5.78 Å². The Hall–Kier alpha value is -2.24. The minimum absolute atomic E-state index is 0.0524. The summed E-state index contributed by atoms with van der Waals surface area (Å²) in [5, 5.41) is 20.3. The van der Waals surface area contributed by atoms with Crippen molar-refractivity contribution in [3.8, 4) is 5.75 Å². The Morgan fingerprint density at radius 2 is 1.63 bits per heavy atom. The number of halogens is 1. The molecule has 27 heavy (non-hydrogen) atoms. The number of ketones is 1. The molecule has 2 fully saturated rings. The third-order valence-electron chi connectivity index (χ3n) is 5.94. The van der Waals surface area contributed by atoms with Crippen molar-refractivity contribution in [3.05, 3.63) is 65.5 Å². The van der Waals surface area contributed by atoms with E-state index >= 15 is 0 Å². The highest BCUT2D eigenvalue weighted by molar-refractivity contribution is 5.97. The molecule has 142 valence electrons. The average Bonchev–Trinajstić information content (AvgIpc) is 3.11. The predicted octanol–water partition coefficient (Wildman–Crippen LogP) is 3.03. The van der Waals surface area contributed by atoms with Gasteiger partial charge in [0.25, 0.3) is 0 Å². The molecule has 5 heteroatoms. The normalized spacial score (nSPS) is 27.6. The van der Waals surface area contributed by atoms with Crippen LogP contribution in [0.3, 0.4) is 0 Å². The number of aromatic hydroxyl groups is 1. The van der Waals surface area contributed by atoms with Crippen LogP contribution in [-0.2, 0) is 6.42 Å². The zero-order valence-electron chi connectivity index (χ0n) is 15.1. The van der Waals surface area contributed by atoms with Crippen LogP contribution >= 0.6 is 0 Å². The van der Waals surface area contributed by atoms with Gasteiger partial charge in [-0.15, -0.1) is 0 Å². The number of fused-ring (bicyclic) bond motifs is 1. The summed E-state index contributed by atoms with van der Waals surface area (Å²) in [6.45, 7) is 2.01. The summed E-state index contributed by atoms with van der Waals surface area (Å²) in [6.07, 6.45) is 1.99. The van der Waals surface area contributed by atoms with E-state index < -0.39 is 5.60 Å². The Balaban J connectivity index is 1.33. The molecule has 0 aromatic heterocycles. The Morgan fingerprint density at radius 3 is 2.22 bits per heavy atom. The van der Waals surface area contributed by atoms with Crippen molar-refractivity contribution in [3.63, 3.8) is 0 Å². The van der Waals surface area contributed by atoms with Gasteiger partial charge in [0, 0.05) is 25.1 Å². The number of hydrogen-bond donors (Lipinski definition) is 2. The first-order chi connectivity index (χ1) is 12.9. The molecular formula is C22H24FNO3. The molecule has 2 N–H and O–H groups in total. The van der Waals surface area contributed by atoms with Crippen LogP contribution in [0.25, 0.3) is 0 Å². The maximum atomic E-state index is 13.1. The summed E-state index contributed by atoms with van der Waals surface area (Å²) in [5.41, 5.74) is 0.830. The fraction of sp³-hybridized carbons (Fsp3) is 0.409. The molecule has 1 aliphatic carbocycles. The number of carbonyl (C=O) groups is 1. The van der Waals surface area contributed by atoms with Gasteiger partial charge in [-0.1, -0.05) is 12.1 Å². The predicted molar refractivity (Wildman–Crippen MR) is 100 cm³/mol. The molecular weight excluding hydrogens is 345 g/mol. The van der Waals surface area contributed by atoms with E-state index in [9.17, 15) is 19.4 Å². The smallest absolute Gasteiger partial charge is 0.176 e. The van der Waals surface area contributed by atoms with Gasteiger partial charge >= 0.3 is 0 Å². The van der Waals surface area contributed by atoms with Crippen molar-refractivity contribution in [2.75, 3.05) is 19.6 Å². The lowest BCUT2D eigenvalue weighted by Crippen LogP contribution is -2.34. The molecule has 2 aromatic carbocycles. The topological polar surface area (TPSA) is 60.8 Å². The molecule has 0 radical (unpaired) electrons. The van der Waals surface area contributed by atoms with Crippen LogP contribution in [-0.4, -0.2) is 46.1 Å². The number of carbonyl (C=O) groups excluding carboxylic acids is 1. The van der Waals surface area contributed by atoms with Crippen LogP contribution < -0.4 is 0 Å². The van der Waals surface area contributed by atoms with Crippen molar-refractivity contribution < 1.29 is 19.4 Å². The Morgan fingerprint density at radius 1 is 1.04 bits per heavy atom. The van der Waals surface area contributed by atoms with E-state index in [1.807, 2.05) is 0 Å². The highest BCUT2D eigenvalue weighted by Gasteiger charge is 2.48. The number of benzene rings is 2. The molecule has 3 atom stereocenters. The lowest BCUT2D eigenvalue weighted by molar-refractivity contribution is 0.0355. The second-order valence-electron chi connectivity index (χ2n) is 8.12. The number of hydrogen-bond acceptors (Lipinski definition) is 4. The second-order valence-corrected chi connectivity index (χ2v) is 8.12.